The Labute approximate surface area is 79.3 Å². The van der Waals surface area contributed by atoms with Crippen LogP contribution in [0.3, 0.4) is 0 Å². The summed E-state index contributed by atoms with van der Waals surface area (Å²) in [4.78, 5) is 0. The summed E-state index contributed by atoms with van der Waals surface area (Å²) in [5.41, 5.74) is 0. The summed E-state index contributed by atoms with van der Waals surface area (Å²) in [7, 11) is 0. The molecule has 0 aliphatic carbocycles. The molecule has 5 heteroatoms. The molecule has 0 atom stereocenters. The molecule has 0 radical (unpaired) electrons. The predicted octanol–water partition coefficient (Wildman–Crippen LogP) is 2.05. The van der Waals surface area contributed by atoms with Gasteiger partial charge in [-0.25, -0.2) is 0 Å². The van der Waals surface area contributed by atoms with Gasteiger partial charge in [-0.15, -0.1) is 0 Å². The first-order valence-corrected chi connectivity index (χ1v) is 7.63. The number of hydrogen-bond donors (Lipinski definition) is 0. The van der Waals surface area contributed by atoms with Crippen molar-refractivity contribution in [3.8, 4) is 0 Å². The van der Waals surface area contributed by atoms with Crippen molar-refractivity contribution >= 4 is 6.13 Å². The van der Waals surface area contributed by atoms with Crippen molar-refractivity contribution in [2.24, 2.45) is 0 Å². The van der Waals surface area contributed by atoms with E-state index < -0.39 is 6.13 Å². The van der Waals surface area contributed by atoms with Gasteiger partial charge in [0.1, 0.15) is 0 Å². The van der Waals surface area contributed by atoms with E-state index in [4.69, 9.17) is 13.6 Å². The fourth-order valence-electron chi connectivity index (χ4n) is 0.615. The van der Waals surface area contributed by atoms with Crippen LogP contribution in [0, 0.1) is 0 Å². The zero-order valence-corrected chi connectivity index (χ0v) is 9.72. The molecule has 0 rings (SSSR count). The SMILES string of the molecule is CCO[PH]([Pd])(OCC)OCC. The van der Waals surface area contributed by atoms with Crippen molar-refractivity contribution in [3.63, 3.8) is 0 Å². The van der Waals surface area contributed by atoms with Gasteiger partial charge in [0.15, 0.2) is 0 Å². The molecule has 0 spiro atoms. The Morgan fingerprint density at radius 3 is 1.36 bits per heavy atom. The van der Waals surface area contributed by atoms with Crippen molar-refractivity contribution in [2.75, 3.05) is 19.8 Å². The molecule has 0 aromatic carbocycles. The second-order valence-corrected chi connectivity index (χ2v) is 6.35. The molecule has 0 aliphatic rings. The summed E-state index contributed by atoms with van der Waals surface area (Å²) in [6.07, 6.45) is -2.40. The monoisotopic (exact) mass is 273 g/mol. The third-order valence-electron chi connectivity index (χ3n) is 0.923. The van der Waals surface area contributed by atoms with E-state index in [0.29, 0.717) is 19.8 Å². The van der Waals surface area contributed by atoms with Gasteiger partial charge in [0.05, 0.1) is 0 Å². The van der Waals surface area contributed by atoms with E-state index in [1.165, 1.54) is 0 Å². The van der Waals surface area contributed by atoms with Crippen molar-refractivity contribution < 1.29 is 32.3 Å². The van der Waals surface area contributed by atoms with E-state index >= 15 is 0 Å². The zero-order valence-electron chi connectivity index (χ0n) is 7.16. The van der Waals surface area contributed by atoms with Crippen LogP contribution in [-0.4, -0.2) is 19.8 Å². The Morgan fingerprint density at radius 2 is 1.18 bits per heavy atom. The van der Waals surface area contributed by atoms with Crippen molar-refractivity contribution in [2.45, 2.75) is 20.8 Å². The molecule has 73 valence electrons. The molecule has 0 heterocycles. The summed E-state index contributed by atoms with van der Waals surface area (Å²) in [5.74, 6) is 0. The topological polar surface area (TPSA) is 27.7 Å². The number of rotatable bonds is 6. The first-order chi connectivity index (χ1) is 5.18. The fraction of sp³-hybridized carbons (Fsp3) is 1.00. The molecule has 0 saturated heterocycles. The van der Waals surface area contributed by atoms with Gasteiger partial charge < -0.3 is 0 Å². The van der Waals surface area contributed by atoms with Crippen LogP contribution < -0.4 is 0 Å². The predicted molar refractivity (Wildman–Crippen MR) is 43.2 cm³/mol. The Hall–Kier alpha value is 0.972. The Morgan fingerprint density at radius 1 is 0.909 bits per heavy atom. The summed E-state index contributed by atoms with van der Waals surface area (Å²) in [5, 5.41) is 0. The van der Waals surface area contributed by atoms with Crippen LogP contribution in [0.2, 0.25) is 0 Å². The van der Waals surface area contributed by atoms with Gasteiger partial charge in [0.2, 0.25) is 0 Å². The summed E-state index contributed by atoms with van der Waals surface area (Å²) >= 11 is 3.05. The first kappa shape index (κ1) is 12.0. The molecular formula is C6H16O3PPd. The normalized spacial score (nSPS) is 13.5. The molecule has 0 aromatic heterocycles. The standard InChI is InChI=1S/C6H16O3P.Pd/c1-4-7-10(8-5-2)9-6-3;/h10H,4-6H2,1-3H3;/q+1;-1. The third-order valence-corrected chi connectivity index (χ3v) is 4.79. The summed E-state index contributed by atoms with van der Waals surface area (Å²) in [6, 6.07) is 0. The zero-order chi connectivity index (χ0) is 8.74. The second kappa shape index (κ2) is 6.48. The first-order valence-electron chi connectivity index (χ1n) is 3.76. The fourth-order valence-corrected chi connectivity index (χ4v) is 3.87. The van der Waals surface area contributed by atoms with Gasteiger partial charge in [-0.3, -0.25) is 0 Å². The third kappa shape index (κ3) is 5.25. The van der Waals surface area contributed by atoms with Crippen molar-refractivity contribution in [3.05, 3.63) is 0 Å². The van der Waals surface area contributed by atoms with Gasteiger partial charge in [0.25, 0.3) is 0 Å². The van der Waals surface area contributed by atoms with E-state index in [9.17, 15) is 0 Å². The van der Waals surface area contributed by atoms with Crippen LogP contribution in [0.5, 0.6) is 0 Å². The molecule has 0 aromatic rings. The maximum atomic E-state index is 5.34. The van der Waals surface area contributed by atoms with Gasteiger partial charge in [-0.05, 0) is 0 Å². The molecule has 0 amide bonds. The van der Waals surface area contributed by atoms with Gasteiger partial charge in [-0.1, -0.05) is 0 Å². The van der Waals surface area contributed by atoms with Gasteiger partial charge >= 0.3 is 79.0 Å². The summed E-state index contributed by atoms with van der Waals surface area (Å²) in [6.45, 7) is 7.63. The van der Waals surface area contributed by atoms with Crippen LogP contribution in [0.4, 0.5) is 0 Å². The van der Waals surface area contributed by atoms with Crippen LogP contribution in [0.15, 0.2) is 0 Å². The van der Waals surface area contributed by atoms with E-state index in [2.05, 4.69) is 18.7 Å². The molecule has 0 aliphatic heterocycles. The molecule has 0 bridgehead atoms. The van der Waals surface area contributed by atoms with Gasteiger partial charge in [0, 0.05) is 0 Å². The molecule has 0 fully saturated rings. The van der Waals surface area contributed by atoms with E-state index in [1.807, 2.05) is 20.8 Å². The van der Waals surface area contributed by atoms with E-state index in [0.717, 1.165) is 0 Å². The summed E-state index contributed by atoms with van der Waals surface area (Å²) < 4.78 is 16.0. The number of hydrogen-bond acceptors (Lipinski definition) is 3. The van der Waals surface area contributed by atoms with Crippen LogP contribution in [0.25, 0.3) is 0 Å². The van der Waals surface area contributed by atoms with Gasteiger partial charge in [-0.2, -0.15) is 0 Å². The Bertz CT molecular complexity index is 84.8. The minimum absolute atomic E-state index is 0.618. The average Bonchev–Trinajstić information content (AvgIpc) is 1.88. The molecule has 3 nitrogen and oxygen atoms in total. The van der Waals surface area contributed by atoms with Crippen LogP contribution in [0.1, 0.15) is 20.8 Å². The van der Waals surface area contributed by atoms with Crippen molar-refractivity contribution in [1.82, 2.24) is 0 Å². The molecule has 11 heavy (non-hydrogen) atoms. The Balaban J connectivity index is 3.79. The Kier molecular flexibility index (Phi) is 7.06. The second-order valence-electron chi connectivity index (χ2n) is 1.74. The maximum absolute atomic E-state index is 5.34. The quantitative estimate of drug-likeness (QED) is 0.548. The van der Waals surface area contributed by atoms with Crippen molar-refractivity contribution in [1.29, 1.82) is 0 Å². The van der Waals surface area contributed by atoms with Crippen LogP contribution >= 0.6 is 6.13 Å². The molecule has 0 saturated carbocycles. The minimum atomic E-state index is -2.40. The van der Waals surface area contributed by atoms with Crippen LogP contribution in [-0.2, 0) is 32.3 Å². The van der Waals surface area contributed by atoms with E-state index in [-0.39, 0.29) is 0 Å². The molecule has 0 N–H and O–H groups in total. The molecule has 0 unspecified atom stereocenters. The molecular weight excluding hydrogens is 257 g/mol. The average molecular weight is 274 g/mol. The van der Waals surface area contributed by atoms with E-state index in [1.54, 1.807) is 0 Å².